The first-order valence-corrected chi connectivity index (χ1v) is 7.38. The Morgan fingerprint density at radius 2 is 1.93 bits per heavy atom. The van der Waals surface area contributed by atoms with Gasteiger partial charge in [-0.05, 0) is 33.1 Å². The van der Waals surface area contributed by atoms with E-state index in [1.54, 1.807) is 0 Å². The summed E-state index contributed by atoms with van der Waals surface area (Å²) in [5, 5.41) is 5.37. The second-order valence-electron chi connectivity index (χ2n) is 5.47. The van der Waals surface area contributed by atoms with Gasteiger partial charge in [0, 0.05) is 22.6 Å². The van der Waals surface area contributed by atoms with Crippen LogP contribution in [0.4, 0.5) is 0 Å². The molecule has 1 rings (SSSR count). The van der Waals surface area contributed by atoms with Gasteiger partial charge >= 0.3 is 0 Å². The van der Waals surface area contributed by atoms with Crippen LogP contribution in [0, 0.1) is 0 Å². The predicted molar refractivity (Wildman–Crippen MR) is 71.7 cm³/mol. The second-order valence-corrected chi connectivity index (χ2v) is 7.22. The molecule has 1 unspecified atom stereocenters. The van der Waals surface area contributed by atoms with Crippen molar-refractivity contribution in [3.05, 3.63) is 0 Å². The maximum absolute atomic E-state index is 3.66. The van der Waals surface area contributed by atoms with Gasteiger partial charge in [0.2, 0.25) is 0 Å². The normalized spacial score (nSPS) is 20.8. The van der Waals surface area contributed by atoms with Crippen molar-refractivity contribution >= 4 is 11.8 Å². The molecule has 1 aliphatic carbocycles. The van der Waals surface area contributed by atoms with Crippen LogP contribution in [0.3, 0.4) is 0 Å². The van der Waals surface area contributed by atoms with Gasteiger partial charge in [-0.3, -0.25) is 0 Å². The fourth-order valence-electron chi connectivity index (χ4n) is 1.95. The van der Waals surface area contributed by atoms with E-state index in [1.807, 2.05) is 0 Å². The van der Waals surface area contributed by atoms with E-state index in [1.165, 1.54) is 32.1 Å². The van der Waals surface area contributed by atoms with Gasteiger partial charge in [-0.2, -0.15) is 11.8 Å². The van der Waals surface area contributed by atoms with Crippen LogP contribution < -0.4 is 5.32 Å². The first-order chi connectivity index (χ1) is 7.03. The van der Waals surface area contributed by atoms with Crippen molar-refractivity contribution in [2.45, 2.75) is 75.8 Å². The minimum Gasteiger partial charge on any atom is -0.311 e. The molecule has 1 saturated carbocycles. The molecule has 0 amide bonds. The second kappa shape index (κ2) is 6.15. The molecule has 15 heavy (non-hydrogen) atoms. The van der Waals surface area contributed by atoms with E-state index in [4.69, 9.17) is 0 Å². The summed E-state index contributed by atoms with van der Waals surface area (Å²) in [4.78, 5) is 0. The zero-order valence-corrected chi connectivity index (χ0v) is 11.6. The summed E-state index contributed by atoms with van der Waals surface area (Å²) in [6.45, 7) is 10.4. The first-order valence-electron chi connectivity index (χ1n) is 6.44. The molecule has 0 aromatic rings. The van der Waals surface area contributed by atoms with Gasteiger partial charge in [-0.1, -0.05) is 26.7 Å². The Kier molecular flexibility index (Phi) is 5.48. The molecule has 1 aliphatic rings. The molecular formula is C13H27NS. The van der Waals surface area contributed by atoms with Crippen LogP contribution in [0.1, 0.15) is 59.8 Å². The van der Waals surface area contributed by atoms with E-state index in [0.717, 1.165) is 17.0 Å². The van der Waals surface area contributed by atoms with Crippen molar-refractivity contribution in [3.8, 4) is 0 Å². The third-order valence-corrected chi connectivity index (χ3v) is 4.97. The lowest BCUT2D eigenvalue weighted by Crippen LogP contribution is -2.41. The maximum Gasteiger partial charge on any atom is 0.0147 e. The third-order valence-electron chi connectivity index (χ3n) is 3.48. The zero-order valence-electron chi connectivity index (χ0n) is 10.8. The monoisotopic (exact) mass is 229 g/mol. The molecule has 1 atom stereocenters. The number of nitrogens with one attached hydrogen (secondary N) is 1. The van der Waals surface area contributed by atoms with Gasteiger partial charge in [0.15, 0.2) is 0 Å². The quantitative estimate of drug-likeness (QED) is 0.743. The van der Waals surface area contributed by atoms with E-state index in [0.29, 0.717) is 5.54 Å². The average Bonchev–Trinajstić information content (AvgIpc) is 2.68. The van der Waals surface area contributed by atoms with E-state index in [9.17, 15) is 0 Å². The topological polar surface area (TPSA) is 12.0 Å². The van der Waals surface area contributed by atoms with Crippen LogP contribution in [-0.4, -0.2) is 22.6 Å². The third kappa shape index (κ3) is 5.26. The molecule has 0 aromatic heterocycles. The molecule has 2 heteroatoms. The lowest BCUT2D eigenvalue weighted by atomic mass is 10.0. The summed E-state index contributed by atoms with van der Waals surface area (Å²) in [5.41, 5.74) is 0.310. The maximum atomic E-state index is 3.66. The molecule has 1 nitrogen and oxygen atoms in total. The fraction of sp³-hybridized carbons (Fsp3) is 1.00. The average molecular weight is 229 g/mol. The summed E-state index contributed by atoms with van der Waals surface area (Å²) in [6.07, 6.45) is 7.02. The molecule has 1 N–H and O–H groups in total. The Morgan fingerprint density at radius 1 is 1.33 bits per heavy atom. The SMILES string of the molecule is CCC(C)(C)NCC(C)SC1CCCC1. The summed E-state index contributed by atoms with van der Waals surface area (Å²) in [6, 6.07) is 0. The minimum atomic E-state index is 0.310. The van der Waals surface area contributed by atoms with Crippen LogP contribution in [0.5, 0.6) is 0 Å². The molecule has 0 heterocycles. The Bertz CT molecular complexity index is 173. The lowest BCUT2D eigenvalue weighted by Gasteiger charge is -2.27. The Balaban J connectivity index is 2.15. The van der Waals surface area contributed by atoms with E-state index in [2.05, 4.69) is 44.8 Å². The van der Waals surface area contributed by atoms with Crippen molar-refractivity contribution < 1.29 is 0 Å². The molecule has 0 aromatic carbocycles. The van der Waals surface area contributed by atoms with Crippen LogP contribution >= 0.6 is 11.8 Å². The van der Waals surface area contributed by atoms with Crippen molar-refractivity contribution in [3.63, 3.8) is 0 Å². The summed E-state index contributed by atoms with van der Waals surface area (Å²) in [5.74, 6) is 0. The molecule has 0 radical (unpaired) electrons. The summed E-state index contributed by atoms with van der Waals surface area (Å²) in [7, 11) is 0. The molecule has 0 bridgehead atoms. The first kappa shape index (κ1) is 13.4. The summed E-state index contributed by atoms with van der Waals surface area (Å²) < 4.78 is 0. The highest BCUT2D eigenvalue weighted by molar-refractivity contribution is 8.00. The van der Waals surface area contributed by atoms with Gasteiger partial charge < -0.3 is 5.32 Å². The van der Waals surface area contributed by atoms with E-state index >= 15 is 0 Å². The Labute approximate surface area is 99.8 Å². The number of thioether (sulfide) groups is 1. The molecular weight excluding hydrogens is 202 g/mol. The highest BCUT2D eigenvalue weighted by Crippen LogP contribution is 2.32. The summed E-state index contributed by atoms with van der Waals surface area (Å²) >= 11 is 2.20. The number of hydrogen-bond acceptors (Lipinski definition) is 2. The zero-order chi connectivity index (χ0) is 11.3. The fourth-order valence-corrected chi connectivity index (χ4v) is 3.39. The highest BCUT2D eigenvalue weighted by Gasteiger charge is 2.20. The molecule has 1 fully saturated rings. The van der Waals surface area contributed by atoms with Crippen molar-refractivity contribution in [1.82, 2.24) is 5.32 Å². The minimum absolute atomic E-state index is 0.310. The predicted octanol–water partition coefficient (Wildman–Crippen LogP) is 3.83. The van der Waals surface area contributed by atoms with E-state index < -0.39 is 0 Å². The van der Waals surface area contributed by atoms with Gasteiger partial charge in [-0.15, -0.1) is 0 Å². The van der Waals surface area contributed by atoms with Crippen molar-refractivity contribution in [1.29, 1.82) is 0 Å². The van der Waals surface area contributed by atoms with Crippen molar-refractivity contribution in [2.24, 2.45) is 0 Å². The smallest absolute Gasteiger partial charge is 0.0147 e. The molecule has 0 saturated heterocycles. The Morgan fingerprint density at radius 3 is 2.47 bits per heavy atom. The van der Waals surface area contributed by atoms with Gasteiger partial charge in [0.25, 0.3) is 0 Å². The van der Waals surface area contributed by atoms with E-state index in [-0.39, 0.29) is 0 Å². The Hall–Kier alpha value is 0.310. The molecule has 0 aliphatic heterocycles. The number of rotatable bonds is 6. The largest absolute Gasteiger partial charge is 0.311 e. The van der Waals surface area contributed by atoms with Crippen LogP contribution in [0.25, 0.3) is 0 Å². The van der Waals surface area contributed by atoms with Crippen LogP contribution in [-0.2, 0) is 0 Å². The van der Waals surface area contributed by atoms with Crippen LogP contribution in [0.2, 0.25) is 0 Å². The van der Waals surface area contributed by atoms with Crippen molar-refractivity contribution in [2.75, 3.05) is 6.54 Å². The van der Waals surface area contributed by atoms with Crippen LogP contribution in [0.15, 0.2) is 0 Å². The van der Waals surface area contributed by atoms with Gasteiger partial charge in [0.05, 0.1) is 0 Å². The molecule has 0 spiro atoms. The van der Waals surface area contributed by atoms with Gasteiger partial charge in [0.1, 0.15) is 0 Å². The highest BCUT2D eigenvalue weighted by atomic mass is 32.2. The molecule has 90 valence electrons. The standard InChI is InChI=1S/C13H27NS/c1-5-13(3,4)14-10-11(2)15-12-8-6-7-9-12/h11-12,14H,5-10H2,1-4H3. The lowest BCUT2D eigenvalue weighted by molar-refractivity contribution is 0.379. The number of hydrogen-bond donors (Lipinski definition) is 1. The van der Waals surface area contributed by atoms with Gasteiger partial charge in [-0.25, -0.2) is 0 Å².